The first-order chi connectivity index (χ1) is 9.07. The van der Waals surface area contributed by atoms with Gasteiger partial charge in [-0.25, -0.2) is 4.98 Å². The summed E-state index contributed by atoms with van der Waals surface area (Å²) in [5.74, 6) is 1.07. The fourth-order valence-electron chi connectivity index (χ4n) is 2.36. The van der Waals surface area contributed by atoms with Crippen molar-refractivity contribution < 1.29 is 9.84 Å². The van der Waals surface area contributed by atoms with E-state index in [-0.39, 0.29) is 6.10 Å². The van der Waals surface area contributed by atoms with Gasteiger partial charge < -0.3 is 15.2 Å². The van der Waals surface area contributed by atoms with Gasteiger partial charge >= 0.3 is 0 Å². The summed E-state index contributed by atoms with van der Waals surface area (Å²) in [5.41, 5.74) is -0.615. The maximum Gasteiger partial charge on any atom is 0.226 e. The van der Waals surface area contributed by atoms with Crippen molar-refractivity contribution in [1.29, 1.82) is 0 Å². The molecule has 0 bridgehead atoms. The fraction of sp³-hybridized carbons (Fsp3) is 0.714. The van der Waals surface area contributed by atoms with Gasteiger partial charge in [0.25, 0.3) is 0 Å². The third kappa shape index (κ3) is 4.35. The van der Waals surface area contributed by atoms with E-state index >= 15 is 0 Å². The van der Waals surface area contributed by atoms with Crippen LogP contribution in [0.15, 0.2) is 12.3 Å². The molecular formula is C14H23N3O2. The second-order valence-electron chi connectivity index (χ2n) is 5.52. The molecule has 106 valence electrons. The molecule has 0 radical (unpaired) electrons. The summed E-state index contributed by atoms with van der Waals surface area (Å²) in [6.07, 6.45) is 6.86. The number of ether oxygens (including phenoxy) is 1. The van der Waals surface area contributed by atoms with E-state index in [4.69, 9.17) is 4.74 Å². The largest absolute Gasteiger partial charge is 0.475 e. The first-order valence-corrected chi connectivity index (χ1v) is 7.03. The second kappa shape index (κ2) is 6.19. The monoisotopic (exact) mass is 265 g/mol. The summed E-state index contributed by atoms with van der Waals surface area (Å²) in [7, 11) is 0. The minimum atomic E-state index is -0.615. The Balaban J connectivity index is 1.91. The molecule has 0 aliphatic heterocycles. The lowest BCUT2D eigenvalue weighted by molar-refractivity contribution is 0.0165. The molecule has 0 spiro atoms. The Hall–Kier alpha value is -1.36. The maximum absolute atomic E-state index is 10.4. The van der Waals surface area contributed by atoms with E-state index in [9.17, 15) is 5.11 Å². The number of hydrogen-bond acceptors (Lipinski definition) is 5. The summed E-state index contributed by atoms with van der Waals surface area (Å²) in [5, 5.41) is 13.5. The molecule has 1 aromatic rings. The van der Waals surface area contributed by atoms with Crippen LogP contribution in [0.1, 0.15) is 46.0 Å². The first kappa shape index (κ1) is 14.1. The fourth-order valence-corrected chi connectivity index (χ4v) is 2.36. The van der Waals surface area contributed by atoms with Gasteiger partial charge in [0.15, 0.2) is 0 Å². The maximum atomic E-state index is 10.4. The number of nitrogens with zero attached hydrogens (tertiary/aromatic N) is 2. The number of aliphatic hydroxyl groups is 1. The van der Waals surface area contributed by atoms with Crippen LogP contribution >= 0.6 is 0 Å². The molecule has 0 saturated heterocycles. The zero-order valence-corrected chi connectivity index (χ0v) is 11.7. The van der Waals surface area contributed by atoms with Crippen LogP contribution in [0, 0.1) is 0 Å². The SMILES string of the molecule is CC(C)Oc1ccnc(NCC2(O)CCCCC2)n1. The van der Waals surface area contributed by atoms with Crippen LogP contribution in [0.25, 0.3) is 0 Å². The van der Waals surface area contributed by atoms with Crippen LogP contribution in [0.4, 0.5) is 5.95 Å². The summed E-state index contributed by atoms with van der Waals surface area (Å²) < 4.78 is 5.52. The average molecular weight is 265 g/mol. The smallest absolute Gasteiger partial charge is 0.226 e. The van der Waals surface area contributed by atoms with Crippen LogP contribution in [0.5, 0.6) is 5.88 Å². The summed E-state index contributed by atoms with van der Waals surface area (Å²) in [6.45, 7) is 4.41. The molecule has 19 heavy (non-hydrogen) atoms. The minimum Gasteiger partial charge on any atom is -0.475 e. The normalized spacial score (nSPS) is 18.3. The molecule has 1 saturated carbocycles. The van der Waals surface area contributed by atoms with Gasteiger partial charge in [0.1, 0.15) is 0 Å². The van der Waals surface area contributed by atoms with Crippen molar-refractivity contribution in [2.24, 2.45) is 0 Å². The number of aromatic nitrogens is 2. The van der Waals surface area contributed by atoms with Gasteiger partial charge in [-0.3, -0.25) is 0 Å². The van der Waals surface area contributed by atoms with Crippen LogP contribution < -0.4 is 10.1 Å². The van der Waals surface area contributed by atoms with Crippen LogP contribution in [-0.4, -0.2) is 33.3 Å². The predicted molar refractivity (Wildman–Crippen MR) is 74.3 cm³/mol. The van der Waals surface area contributed by atoms with E-state index in [2.05, 4.69) is 15.3 Å². The Bertz CT molecular complexity index is 403. The lowest BCUT2D eigenvalue weighted by Crippen LogP contribution is -2.39. The zero-order valence-electron chi connectivity index (χ0n) is 11.7. The molecular weight excluding hydrogens is 242 g/mol. The van der Waals surface area contributed by atoms with Crippen molar-refractivity contribution in [3.63, 3.8) is 0 Å². The van der Waals surface area contributed by atoms with Gasteiger partial charge in [-0.2, -0.15) is 4.98 Å². The van der Waals surface area contributed by atoms with Gasteiger partial charge in [0.2, 0.25) is 11.8 Å². The second-order valence-corrected chi connectivity index (χ2v) is 5.52. The van der Waals surface area contributed by atoms with E-state index in [0.29, 0.717) is 18.4 Å². The number of nitrogens with one attached hydrogen (secondary N) is 1. The van der Waals surface area contributed by atoms with Gasteiger partial charge in [0.05, 0.1) is 11.7 Å². The van der Waals surface area contributed by atoms with Crippen molar-refractivity contribution in [3.8, 4) is 5.88 Å². The average Bonchev–Trinajstić information content (AvgIpc) is 2.37. The van der Waals surface area contributed by atoms with Crippen molar-refractivity contribution in [3.05, 3.63) is 12.3 Å². The van der Waals surface area contributed by atoms with Crippen molar-refractivity contribution in [1.82, 2.24) is 9.97 Å². The van der Waals surface area contributed by atoms with Gasteiger partial charge in [-0.1, -0.05) is 19.3 Å². The molecule has 1 aliphatic rings. The molecule has 2 rings (SSSR count). The molecule has 1 aliphatic carbocycles. The molecule has 0 unspecified atom stereocenters. The number of anilines is 1. The standard InChI is InChI=1S/C14H23N3O2/c1-11(2)19-12-6-9-15-13(17-12)16-10-14(18)7-4-3-5-8-14/h6,9,11,18H,3-5,7-8,10H2,1-2H3,(H,15,16,17). The molecule has 2 N–H and O–H groups in total. The van der Waals surface area contributed by atoms with Crippen LogP contribution in [-0.2, 0) is 0 Å². The highest BCUT2D eigenvalue weighted by atomic mass is 16.5. The molecule has 5 heteroatoms. The summed E-state index contributed by atoms with van der Waals surface area (Å²) >= 11 is 0. The van der Waals surface area contributed by atoms with E-state index in [1.807, 2.05) is 13.8 Å². The van der Waals surface area contributed by atoms with Crippen LogP contribution in [0.3, 0.4) is 0 Å². The number of rotatable bonds is 5. The molecule has 0 amide bonds. The highest BCUT2D eigenvalue weighted by Crippen LogP contribution is 2.28. The van der Waals surface area contributed by atoms with Crippen molar-refractivity contribution >= 4 is 5.95 Å². The van der Waals surface area contributed by atoms with E-state index in [1.54, 1.807) is 12.3 Å². The lowest BCUT2D eigenvalue weighted by atomic mass is 9.85. The molecule has 0 atom stereocenters. The molecule has 5 nitrogen and oxygen atoms in total. The Morgan fingerprint density at radius 2 is 2.11 bits per heavy atom. The molecule has 1 fully saturated rings. The van der Waals surface area contributed by atoms with Gasteiger partial charge in [-0.15, -0.1) is 0 Å². The highest BCUT2D eigenvalue weighted by Gasteiger charge is 2.28. The molecule has 0 aromatic carbocycles. The predicted octanol–water partition coefficient (Wildman–Crippen LogP) is 2.37. The quantitative estimate of drug-likeness (QED) is 0.855. The third-order valence-electron chi connectivity index (χ3n) is 3.35. The Morgan fingerprint density at radius 3 is 2.79 bits per heavy atom. The Labute approximate surface area is 114 Å². The number of hydrogen-bond donors (Lipinski definition) is 2. The minimum absolute atomic E-state index is 0.0882. The van der Waals surface area contributed by atoms with Gasteiger partial charge in [-0.05, 0) is 26.7 Å². The van der Waals surface area contributed by atoms with E-state index in [0.717, 1.165) is 25.7 Å². The van der Waals surface area contributed by atoms with E-state index < -0.39 is 5.60 Å². The molecule has 1 heterocycles. The zero-order chi connectivity index (χ0) is 13.7. The Kier molecular flexibility index (Phi) is 4.58. The summed E-state index contributed by atoms with van der Waals surface area (Å²) in [6, 6.07) is 1.74. The highest BCUT2D eigenvalue weighted by molar-refractivity contribution is 5.28. The first-order valence-electron chi connectivity index (χ1n) is 7.03. The third-order valence-corrected chi connectivity index (χ3v) is 3.35. The van der Waals surface area contributed by atoms with Crippen molar-refractivity contribution in [2.75, 3.05) is 11.9 Å². The molecule has 1 aromatic heterocycles. The topological polar surface area (TPSA) is 67.3 Å². The van der Waals surface area contributed by atoms with Crippen molar-refractivity contribution in [2.45, 2.75) is 57.7 Å². The van der Waals surface area contributed by atoms with E-state index in [1.165, 1.54) is 6.42 Å². The lowest BCUT2D eigenvalue weighted by Gasteiger charge is -2.32. The van der Waals surface area contributed by atoms with Gasteiger partial charge in [0, 0.05) is 18.8 Å². The summed E-state index contributed by atoms with van der Waals surface area (Å²) in [4.78, 5) is 8.42. The Morgan fingerprint density at radius 1 is 1.37 bits per heavy atom. The van der Waals surface area contributed by atoms with Crippen LogP contribution in [0.2, 0.25) is 0 Å².